The second kappa shape index (κ2) is 12.0. The number of aliphatic carboxylic acids is 2. The van der Waals surface area contributed by atoms with Crippen molar-refractivity contribution in [2.75, 3.05) is 23.8 Å². The number of tetrazole rings is 1. The van der Waals surface area contributed by atoms with Gasteiger partial charge in [0.25, 0.3) is 11.8 Å². The highest BCUT2D eigenvalue weighted by atomic mass is 32.2. The number of hydrogen-bond acceptors (Lipinski definition) is 13. The van der Waals surface area contributed by atoms with Crippen LogP contribution in [-0.4, -0.2) is 105 Å². The number of anilines is 1. The molecule has 0 aromatic carbocycles. The summed E-state index contributed by atoms with van der Waals surface area (Å²) >= 11 is 2.10. The number of aromatic nitrogens is 5. The first kappa shape index (κ1) is 29.6. The summed E-state index contributed by atoms with van der Waals surface area (Å²) in [6, 6.07) is 2.75. The zero-order chi connectivity index (χ0) is 29.9. The molecular formula is C20H18F3N9O7S2. The molecule has 4 heterocycles. The van der Waals surface area contributed by atoms with Crippen molar-refractivity contribution in [2.45, 2.75) is 29.3 Å². The Labute approximate surface area is 235 Å². The first-order valence-corrected chi connectivity index (χ1v) is 13.2. The lowest BCUT2D eigenvalue weighted by atomic mass is 10.0. The van der Waals surface area contributed by atoms with E-state index in [1.54, 1.807) is 0 Å². The first-order chi connectivity index (χ1) is 19.4. The van der Waals surface area contributed by atoms with Gasteiger partial charge in [0.2, 0.25) is 11.8 Å². The number of halogens is 3. The summed E-state index contributed by atoms with van der Waals surface area (Å²) in [6.07, 6.45) is -4.74. The third-order valence-corrected chi connectivity index (χ3v) is 7.69. The van der Waals surface area contributed by atoms with Crippen molar-refractivity contribution in [2.24, 2.45) is 5.16 Å². The Balaban J connectivity index is 1.50. The van der Waals surface area contributed by atoms with E-state index >= 15 is 0 Å². The van der Waals surface area contributed by atoms with Crippen molar-refractivity contribution in [3.63, 3.8) is 0 Å². The zero-order valence-electron chi connectivity index (χ0n) is 20.3. The molecule has 21 heteroatoms. The monoisotopic (exact) mass is 617 g/mol. The topological polar surface area (TPSA) is 228 Å². The average molecular weight is 618 g/mol. The van der Waals surface area contributed by atoms with Gasteiger partial charge in [-0.1, -0.05) is 23.0 Å². The number of fused-ring (bicyclic) bond motifs is 1. The predicted octanol–water partition coefficient (Wildman–Crippen LogP) is -0.451. The number of carboxylic acids is 2. The highest BCUT2D eigenvalue weighted by Gasteiger charge is 2.54. The summed E-state index contributed by atoms with van der Waals surface area (Å²) < 4.78 is 38.7. The number of carbonyl (C=O) groups is 4. The van der Waals surface area contributed by atoms with Gasteiger partial charge in [-0.3, -0.25) is 19.3 Å². The number of nitrogens with one attached hydrogen (secondary N) is 1. The van der Waals surface area contributed by atoms with Gasteiger partial charge >= 0.3 is 18.1 Å². The molecule has 0 aliphatic carbocycles. The molecule has 1 saturated heterocycles. The van der Waals surface area contributed by atoms with Gasteiger partial charge in [-0.15, -0.1) is 16.9 Å². The number of pyridine rings is 1. The smallest absolute Gasteiger partial charge is 0.425 e. The van der Waals surface area contributed by atoms with Crippen LogP contribution >= 0.6 is 23.5 Å². The first-order valence-electron chi connectivity index (χ1n) is 11.2. The molecule has 2 aromatic rings. The van der Waals surface area contributed by atoms with Crippen LogP contribution < -0.4 is 11.1 Å². The molecule has 0 radical (unpaired) electrons. The fraction of sp³-hybridized carbons (Fsp3) is 0.350. The van der Waals surface area contributed by atoms with E-state index < -0.39 is 60.2 Å². The van der Waals surface area contributed by atoms with E-state index in [-0.39, 0.29) is 33.9 Å². The van der Waals surface area contributed by atoms with Gasteiger partial charge in [-0.2, -0.15) is 13.2 Å². The van der Waals surface area contributed by atoms with Crippen LogP contribution in [0.2, 0.25) is 0 Å². The molecule has 16 nitrogen and oxygen atoms in total. The molecule has 2 aliphatic heterocycles. The van der Waals surface area contributed by atoms with Gasteiger partial charge in [-0.25, -0.2) is 14.5 Å². The Morgan fingerprint density at radius 2 is 2.05 bits per heavy atom. The van der Waals surface area contributed by atoms with Crippen molar-refractivity contribution in [1.29, 1.82) is 0 Å². The number of thioether (sulfide) groups is 2. The molecule has 4 rings (SSSR count). The average Bonchev–Trinajstić information content (AvgIpc) is 3.33. The van der Waals surface area contributed by atoms with Crippen LogP contribution in [0, 0.1) is 0 Å². The maximum absolute atomic E-state index is 13.0. The molecule has 2 amide bonds. The third kappa shape index (κ3) is 6.85. The fourth-order valence-electron chi connectivity index (χ4n) is 3.64. The van der Waals surface area contributed by atoms with Gasteiger partial charge in [-0.05, 0) is 28.1 Å². The number of β-lactam (4-membered cyclic amide) rings is 1. The summed E-state index contributed by atoms with van der Waals surface area (Å²) in [5.41, 5.74) is 4.69. The van der Waals surface area contributed by atoms with Crippen molar-refractivity contribution < 1.29 is 47.4 Å². The number of carboxylic acid groups (broad SMARTS) is 2. The van der Waals surface area contributed by atoms with Crippen molar-refractivity contribution in [3.05, 3.63) is 35.2 Å². The second-order valence-corrected chi connectivity index (χ2v) is 10.2. The molecule has 2 aromatic heterocycles. The quantitative estimate of drug-likeness (QED) is 0.108. The van der Waals surface area contributed by atoms with Crippen molar-refractivity contribution >= 4 is 58.8 Å². The second-order valence-electron chi connectivity index (χ2n) is 8.20. The number of alkyl halides is 3. The lowest BCUT2D eigenvalue weighted by molar-refractivity contribution is -0.174. The predicted molar refractivity (Wildman–Crippen MR) is 133 cm³/mol. The molecule has 1 unspecified atom stereocenters. The highest BCUT2D eigenvalue weighted by molar-refractivity contribution is 8.01. The molecule has 5 N–H and O–H groups in total. The molecule has 41 heavy (non-hydrogen) atoms. The van der Waals surface area contributed by atoms with Crippen LogP contribution in [-0.2, 0) is 30.6 Å². The Morgan fingerprint density at radius 3 is 2.71 bits per heavy atom. The van der Waals surface area contributed by atoms with E-state index in [2.05, 4.69) is 35.8 Å². The van der Waals surface area contributed by atoms with E-state index in [0.717, 1.165) is 33.1 Å². The Kier molecular flexibility index (Phi) is 8.66. The number of hydrogen-bond donors (Lipinski definition) is 4. The molecule has 2 aliphatic rings. The van der Waals surface area contributed by atoms with Crippen molar-refractivity contribution in [1.82, 2.24) is 35.4 Å². The van der Waals surface area contributed by atoms with Gasteiger partial charge < -0.3 is 26.1 Å². The zero-order valence-corrected chi connectivity index (χ0v) is 21.9. The highest BCUT2D eigenvalue weighted by Crippen LogP contribution is 2.41. The van der Waals surface area contributed by atoms with Gasteiger partial charge in [0, 0.05) is 11.5 Å². The number of nitrogens with zero attached hydrogens (tertiary/aromatic N) is 7. The van der Waals surface area contributed by atoms with Crippen LogP contribution in [0.4, 0.5) is 19.0 Å². The maximum Gasteiger partial charge on any atom is 0.425 e. The minimum Gasteiger partial charge on any atom is -0.480 e. The SMILES string of the molecule is Nc1cccc(/C(=N\OCC(F)(F)F)C(=O)NC2C(=O)N3C(C(=O)O)=C(CSc4nnnn4CC(=O)O)CS[C@H]23)n1. The minimum absolute atomic E-state index is 0.0105. The van der Waals surface area contributed by atoms with E-state index in [1.807, 2.05) is 0 Å². The Bertz CT molecular complexity index is 1450. The van der Waals surface area contributed by atoms with Crippen LogP contribution in [0.15, 0.2) is 39.8 Å². The Morgan fingerprint density at radius 1 is 1.29 bits per heavy atom. The molecule has 1 fully saturated rings. The third-order valence-electron chi connectivity index (χ3n) is 5.31. The lowest BCUT2D eigenvalue weighted by Gasteiger charge is -2.49. The molecule has 218 valence electrons. The summed E-state index contributed by atoms with van der Waals surface area (Å²) in [6.45, 7) is -2.31. The number of carbonyl (C=O) groups excluding carboxylic acids is 2. The number of nitrogens with two attached hydrogens (primary N) is 1. The summed E-state index contributed by atoms with van der Waals surface area (Å²) in [4.78, 5) is 58.2. The number of oxime groups is 1. The number of rotatable bonds is 11. The van der Waals surface area contributed by atoms with Gasteiger partial charge in [0.1, 0.15) is 35.2 Å². The summed E-state index contributed by atoms with van der Waals surface area (Å²) in [5.74, 6) is -4.43. The number of amides is 2. The summed E-state index contributed by atoms with van der Waals surface area (Å²) in [7, 11) is 0. The Hall–Kier alpha value is -4.40. The molecule has 0 spiro atoms. The summed E-state index contributed by atoms with van der Waals surface area (Å²) in [5, 5.41) is 34.4. The number of nitrogen functional groups attached to an aromatic ring is 1. The van der Waals surface area contributed by atoms with Crippen LogP contribution in [0.5, 0.6) is 0 Å². The van der Waals surface area contributed by atoms with Crippen molar-refractivity contribution in [3.8, 4) is 0 Å². The fourth-order valence-corrected chi connectivity index (χ4v) is 6.00. The van der Waals surface area contributed by atoms with Gasteiger partial charge in [0.05, 0.1) is 0 Å². The maximum atomic E-state index is 13.0. The largest absolute Gasteiger partial charge is 0.480 e. The normalized spacial score (nSPS) is 19.0. The van der Waals surface area contributed by atoms with Crippen LogP contribution in [0.1, 0.15) is 5.69 Å². The van der Waals surface area contributed by atoms with Crippen LogP contribution in [0.3, 0.4) is 0 Å². The standard InChI is InChI=1S/C20H18F3N9O7S2/c21-20(22,23)7-39-28-12(9-2-1-3-10(24)25-9)15(35)26-13-16(36)32-14(18(37)38)8(5-40-17(13)32)6-41-19-27-29-30-31(19)4-11(33)34/h1-3,13,17H,4-7H2,(H2,24,25)(H,26,35)(H,33,34)(H,37,38)/b28-12+/t13?,17-/m1/s1. The van der Waals surface area contributed by atoms with Crippen LogP contribution in [0.25, 0.3) is 0 Å². The van der Waals surface area contributed by atoms with E-state index in [1.165, 1.54) is 18.2 Å². The van der Waals surface area contributed by atoms with E-state index in [4.69, 9.17) is 10.8 Å². The minimum atomic E-state index is -4.74. The molecule has 2 atom stereocenters. The molecule has 0 bridgehead atoms. The van der Waals surface area contributed by atoms with E-state index in [0.29, 0.717) is 5.57 Å². The molecule has 0 saturated carbocycles. The van der Waals surface area contributed by atoms with Gasteiger partial charge in [0.15, 0.2) is 5.71 Å². The van der Waals surface area contributed by atoms with E-state index in [9.17, 15) is 37.5 Å². The lowest BCUT2D eigenvalue weighted by Crippen LogP contribution is -2.71. The molecular weight excluding hydrogens is 599 g/mol.